The maximum Gasteiger partial charge on any atom is 0.321 e. The Labute approximate surface area is 162 Å². The van der Waals surface area contributed by atoms with E-state index >= 15 is 0 Å². The summed E-state index contributed by atoms with van der Waals surface area (Å²) in [7, 11) is 7.08. The Bertz CT molecular complexity index is 1000. The molecule has 0 bridgehead atoms. The maximum absolute atomic E-state index is 12.5. The van der Waals surface area contributed by atoms with E-state index in [1.54, 1.807) is 35.6 Å². The molecule has 0 aliphatic carbocycles. The molecular weight excluding hydrogens is 362 g/mol. The van der Waals surface area contributed by atoms with Crippen LogP contribution in [-0.4, -0.2) is 52.7 Å². The zero-order valence-corrected chi connectivity index (χ0v) is 16.9. The van der Waals surface area contributed by atoms with Crippen LogP contribution in [0.15, 0.2) is 30.5 Å². The van der Waals surface area contributed by atoms with E-state index in [-0.39, 0.29) is 11.9 Å². The van der Waals surface area contributed by atoms with Gasteiger partial charge in [0, 0.05) is 50.3 Å². The fraction of sp³-hybridized carbons (Fsp3) is 0.316. The number of anilines is 1. The number of rotatable bonds is 4. The second-order valence-corrected chi connectivity index (χ2v) is 7.85. The summed E-state index contributed by atoms with van der Waals surface area (Å²) in [6.07, 6.45) is 1.92. The number of urea groups is 1. The summed E-state index contributed by atoms with van der Waals surface area (Å²) in [6, 6.07) is 7.33. The van der Waals surface area contributed by atoms with E-state index in [1.165, 1.54) is 11.3 Å². The maximum atomic E-state index is 12.5. The molecule has 0 radical (unpaired) electrons. The van der Waals surface area contributed by atoms with Crippen LogP contribution in [0.4, 0.5) is 10.5 Å². The van der Waals surface area contributed by atoms with Crippen LogP contribution in [0, 0.1) is 6.92 Å². The molecule has 0 aliphatic rings. The van der Waals surface area contributed by atoms with Gasteiger partial charge in [0.2, 0.25) is 0 Å². The lowest BCUT2D eigenvalue weighted by Gasteiger charge is -2.17. The van der Waals surface area contributed by atoms with Crippen LogP contribution in [0.5, 0.6) is 0 Å². The van der Waals surface area contributed by atoms with E-state index in [1.807, 2.05) is 44.4 Å². The predicted octanol–water partition coefficient (Wildman–Crippen LogP) is 3.31. The Kier molecular flexibility index (Phi) is 5.18. The Morgan fingerprint density at radius 2 is 1.96 bits per heavy atom. The number of aryl methyl sites for hydroxylation is 2. The monoisotopic (exact) mass is 385 g/mol. The highest BCUT2D eigenvalue weighted by Gasteiger charge is 2.15. The lowest BCUT2D eigenvalue weighted by Crippen LogP contribution is -2.30. The molecule has 8 heteroatoms. The summed E-state index contributed by atoms with van der Waals surface area (Å²) in [4.78, 5) is 28.5. The third kappa shape index (κ3) is 4.11. The number of amides is 3. The van der Waals surface area contributed by atoms with Crippen LogP contribution >= 0.6 is 11.3 Å². The zero-order valence-electron chi connectivity index (χ0n) is 16.1. The van der Waals surface area contributed by atoms with Gasteiger partial charge in [0.15, 0.2) is 0 Å². The van der Waals surface area contributed by atoms with Crippen molar-refractivity contribution < 1.29 is 9.59 Å². The molecular formula is C19H23N5O2S. The first-order valence-electron chi connectivity index (χ1n) is 8.51. The number of nitrogens with one attached hydrogen (secondary N) is 1. The molecule has 1 N–H and O–H groups in total. The minimum Gasteiger partial charge on any atom is -0.344 e. The van der Waals surface area contributed by atoms with Crippen molar-refractivity contribution in [2.75, 3.05) is 26.5 Å². The Hall–Kier alpha value is -2.87. The van der Waals surface area contributed by atoms with Crippen LogP contribution < -0.4 is 5.32 Å². The summed E-state index contributed by atoms with van der Waals surface area (Å²) in [6.45, 7) is 2.41. The molecule has 27 heavy (non-hydrogen) atoms. The van der Waals surface area contributed by atoms with Crippen LogP contribution in [0.3, 0.4) is 0 Å². The minimum absolute atomic E-state index is 0.0200. The lowest BCUT2D eigenvalue weighted by atomic mass is 10.2. The van der Waals surface area contributed by atoms with Gasteiger partial charge < -0.3 is 15.1 Å². The van der Waals surface area contributed by atoms with Gasteiger partial charge in [-0.2, -0.15) is 5.10 Å². The van der Waals surface area contributed by atoms with Gasteiger partial charge in [0.25, 0.3) is 5.91 Å². The third-order valence-electron chi connectivity index (χ3n) is 4.25. The van der Waals surface area contributed by atoms with Crippen molar-refractivity contribution in [3.05, 3.63) is 46.6 Å². The number of aromatic nitrogens is 2. The fourth-order valence-electron chi connectivity index (χ4n) is 2.80. The molecule has 0 fully saturated rings. The van der Waals surface area contributed by atoms with E-state index in [0.29, 0.717) is 17.1 Å². The van der Waals surface area contributed by atoms with Gasteiger partial charge >= 0.3 is 6.03 Å². The van der Waals surface area contributed by atoms with E-state index < -0.39 is 0 Å². The van der Waals surface area contributed by atoms with Crippen molar-refractivity contribution in [1.82, 2.24) is 19.6 Å². The van der Waals surface area contributed by atoms with E-state index in [2.05, 4.69) is 10.4 Å². The van der Waals surface area contributed by atoms with Crippen LogP contribution in [-0.2, 0) is 13.6 Å². The molecule has 1 aromatic carbocycles. The number of nitrogens with zero attached hydrogens (tertiary/aromatic N) is 4. The highest BCUT2D eigenvalue weighted by molar-refractivity contribution is 7.20. The summed E-state index contributed by atoms with van der Waals surface area (Å²) < 4.78 is 2.76. The SMILES string of the molecule is Cc1nn(C)cc1CN(C)C(=O)Nc1ccc2sc(C(=O)N(C)C)cc2c1. The van der Waals surface area contributed by atoms with E-state index in [4.69, 9.17) is 0 Å². The van der Waals surface area contributed by atoms with Gasteiger partial charge in [-0.25, -0.2) is 4.79 Å². The van der Waals surface area contributed by atoms with Crippen molar-refractivity contribution >= 4 is 39.0 Å². The van der Waals surface area contributed by atoms with Crippen LogP contribution in [0.2, 0.25) is 0 Å². The van der Waals surface area contributed by atoms with Gasteiger partial charge in [-0.15, -0.1) is 11.3 Å². The molecule has 0 spiro atoms. The molecule has 2 aromatic heterocycles. The molecule has 0 unspecified atom stereocenters. The molecule has 0 saturated heterocycles. The summed E-state index contributed by atoms with van der Waals surface area (Å²) in [5, 5.41) is 8.15. The van der Waals surface area contributed by atoms with Gasteiger partial charge in [-0.3, -0.25) is 9.48 Å². The third-order valence-corrected chi connectivity index (χ3v) is 5.36. The number of carbonyl (C=O) groups excluding carboxylic acids is 2. The smallest absolute Gasteiger partial charge is 0.321 e. The van der Waals surface area contributed by atoms with Crippen LogP contribution in [0.1, 0.15) is 20.9 Å². The molecule has 142 valence electrons. The number of fused-ring (bicyclic) bond motifs is 1. The first kappa shape index (κ1) is 18.9. The second-order valence-electron chi connectivity index (χ2n) is 6.76. The summed E-state index contributed by atoms with van der Waals surface area (Å²) in [5.74, 6) is -0.0200. The van der Waals surface area contributed by atoms with Crippen molar-refractivity contribution in [2.24, 2.45) is 7.05 Å². The molecule has 3 rings (SSSR count). The van der Waals surface area contributed by atoms with Gasteiger partial charge in [0.05, 0.1) is 17.1 Å². The number of carbonyl (C=O) groups is 2. The average molecular weight is 385 g/mol. The van der Waals surface area contributed by atoms with Crippen LogP contribution in [0.25, 0.3) is 10.1 Å². The van der Waals surface area contributed by atoms with Gasteiger partial charge in [-0.1, -0.05) is 0 Å². The Morgan fingerprint density at radius 1 is 1.22 bits per heavy atom. The standard InChI is InChI=1S/C19H23N5O2S/c1-12-14(11-24(5)21-12)10-23(4)19(26)20-15-6-7-16-13(8-15)9-17(27-16)18(25)22(2)3/h6-9,11H,10H2,1-5H3,(H,20,26). The normalized spacial score (nSPS) is 10.9. The fourth-order valence-corrected chi connectivity index (χ4v) is 3.86. The molecule has 0 aliphatic heterocycles. The van der Waals surface area contributed by atoms with E-state index in [0.717, 1.165) is 21.3 Å². The molecule has 0 saturated carbocycles. The number of hydrogen-bond donors (Lipinski definition) is 1. The van der Waals surface area contributed by atoms with Crippen molar-refractivity contribution in [2.45, 2.75) is 13.5 Å². The largest absolute Gasteiger partial charge is 0.344 e. The highest BCUT2D eigenvalue weighted by Crippen LogP contribution is 2.29. The van der Waals surface area contributed by atoms with Crippen molar-refractivity contribution in [1.29, 1.82) is 0 Å². The predicted molar refractivity (Wildman–Crippen MR) is 108 cm³/mol. The molecule has 2 heterocycles. The quantitative estimate of drug-likeness (QED) is 0.749. The Balaban J connectivity index is 1.72. The zero-order chi connectivity index (χ0) is 19.7. The van der Waals surface area contributed by atoms with Gasteiger partial charge in [-0.05, 0) is 36.6 Å². The molecule has 7 nitrogen and oxygen atoms in total. The summed E-state index contributed by atoms with van der Waals surface area (Å²) >= 11 is 1.45. The summed E-state index contributed by atoms with van der Waals surface area (Å²) in [5.41, 5.74) is 2.62. The second kappa shape index (κ2) is 7.40. The molecule has 3 amide bonds. The first-order chi connectivity index (χ1) is 12.7. The number of benzene rings is 1. The number of hydrogen-bond acceptors (Lipinski definition) is 4. The minimum atomic E-state index is -0.197. The average Bonchev–Trinajstić information content (AvgIpc) is 3.16. The van der Waals surface area contributed by atoms with Crippen molar-refractivity contribution in [3.63, 3.8) is 0 Å². The van der Waals surface area contributed by atoms with Crippen molar-refractivity contribution in [3.8, 4) is 0 Å². The topological polar surface area (TPSA) is 70.5 Å². The van der Waals surface area contributed by atoms with Gasteiger partial charge in [0.1, 0.15) is 0 Å². The number of thiophene rings is 1. The molecule has 3 aromatic rings. The van der Waals surface area contributed by atoms with E-state index in [9.17, 15) is 9.59 Å². The molecule has 0 atom stereocenters. The highest BCUT2D eigenvalue weighted by atomic mass is 32.1. The lowest BCUT2D eigenvalue weighted by molar-refractivity contribution is 0.0832. The first-order valence-corrected chi connectivity index (χ1v) is 9.32. The Morgan fingerprint density at radius 3 is 2.59 bits per heavy atom.